The Kier molecular flexibility index (Phi) is 11.5. The minimum absolute atomic E-state index is 0. The molecule has 0 aliphatic carbocycles. The highest BCUT2D eigenvalue weighted by Gasteiger charge is 2.06. The molecule has 0 bridgehead atoms. The summed E-state index contributed by atoms with van der Waals surface area (Å²) >= 11 is 1.78. The molecule has 0 radical (unpaired) electrons. The van der Waals surface area contributed by atoms with Crippen LogP contribution < -0.4 is 15.4 Å². The Balaban J connectivity index is 0.00000400. The van der Waals surface area contributed by atoms with Crippen LogP contribution in [0.5, 0.6) is 5.75 Å². The SMILES string of the molecule is CN=C(NCCSC)NCC(C)Oc1cccc(F)c1.I. The normalized spacial score (nSPS) is 12.3. The molecule has 1 aromatic carbocycles. The van der Waals surface area contributed by atoms with E-state index in [4.69, 9.17) is 4.74 Å². The van der Waals surface area contributed by atoms with Gasteiger partial charge in [0.25, 0.3) is 0 Å². The number of ether oxygens (including phenoxy) is 1. The minimum Gasteiger partial charge on any atom is -0.489 e. The lowest BCUT2D eigenvalue weighted by Crippen LogP contribution is -2.42. The summed E-state index contributed by atoms with van der Waals surface area (Å²) in [6.07, 6.45) is 1.98. The molecular weight excluding hydrogens is 404 g/mol. The van der Waals surface area contributed by atoms with E-state index in [1.807, 2.05) is 6.92 Å². The zero-order valence-corrected chi connectivity index (χ0v) is 15.7. The van der Waals surface area contributed by atoms with E-state index in [1.165, 1.54) is 12.1 Å². The van der Waals surface area contributed by atoms with E-state index >= 15 is 0 Å². The van der Waals surface area contributed by atoms with Crippen LogP contribution in [0, 0.1) is 5.82 Å². The molecule has 0 fully saturated rings. The molecule has 4 nitrogen and oxygen atoms in total. The van der Waals surface area contributed by atoms with E-state index in [-0.39, 0.29) is 35.9 Å². The molecule has 2 N–H and O–H groups in total. The zero-order valence-electron chi connectivity index (χ0n) is 12.6. The minimum atomic E-state index is -0.294. The summed E-state index contributed by atoms with van der Waals surface area (Å²) in [6, 6.07) is 6.15. The summed E-state index contributed by atoms with van der Waals surface area (Å²) < 4.78 is 18.7. The van der Waals surface area contributed by atoms with Crippen LogP contribution in [0.4, 0.5) is 4.39 Å². The Morgan fingerprint density at radius 2 is 2.19 bits per heavy atom. The van der Waals surface area contributed by atoms with E-state index in [0.29, 0.717) is 12.3 Å². The molecule has 0 heterocycles. The summed E-state index contributed by atoms with van der Waals surface area (Å²) in [7, 11) is 1.73. The first-order valence-electron chi connectivity index (χ1n) is 6.51. The summed E-state index contributed by atoms with van der Waals surface area (Å²) in [6.45, 7) is 3.38. The zero-order chi connectivity index (χ0) is 14.8. The fourth-order valence-corrected chi connectivity index (χ4v) is 1.85. The van der Waals surface area contributed by atoms with Crippen LogP contribution in [-0.2, 0) is 0 Å². The van der Waals surface area contributed by atoms with Gasteiger partial charge in [0, 0.05) is 25.4 Å². The van der Waals surface area contributed by atoms with E-state index in [0.717, 1.165) is 18.3 Å². The number of guanidine groups is 1. The topological polar surface area (TPSA) is 45.7 Å². The van der Waals surface area contributed by atoms with Gasteiger partial charge in [-0.25, -0.2) is 4.39 Å². The first kappa shape index (κ1) is 20.3. The second-order valence-electron chi connectivity index (χ2n) is 4.26. The fourth-order valence-electron chi connectivity index (χ4n) is 1.55. The van der Waals surface area contributed by atoms with Gasteiger partial charge in [-0.15, -0.1) is 24.0 Å². The van der Waals surface area contributed by atoms with E-state index in [9.17, 15) is 4.39 Å². The van der Waals surface area contributed by atoms with Gasteiger partial charge in [-0.2, -0.15) is 11.8 Å². The van der Waals surface area contributed by atoms with Gasteiger partial charge in [0.05, 0.1) is 6.54 Å². The predicted molar refractivity (Wildman–Crippen MR) is 99.7 cm³/mol. The van der Waals surface area contributed by atoms with Crippen LogP contribution in [0.2, 0.25) is 0 Å². The van der Waals surface area contributed by atoms with Gasteiger partial charge in [0.1, 0.15) is 17.7 Å². The van der Waals surface area contributed by atoms with Crippen LogP contribution in [0.25, 0.3) is 0 Å². The first-order chi connectivity index (χ1) is 9.65. The van der Waals surface area contributed by atoms with Gasteiger partial charge in [0.2, 0.25) is 0 Å². The molecule has 1 aromatic rings. The predicted octanol–water partition coefficient (Wildman–Crippen LogP) is 2.74. The van der Waals surface area contributed by atoms with Crippen molar-refractivity contribution in [2.75, 3.05) is 32.1 Å². The quantitative estimate of drug-likeness (QED) is 0.304. The van der Waals surface area contributed by atoms with Crippen LogP contribution in [0.1, 0.15) is 6.92 Å². The maximum absolute atomic E-state index is 13.0. The van der Waals surface area contributed by atoms with Crippen molar-refractivity contribution in [3.63, 3.8) is 0 Å². The van der Waals surface area contributed by atoms with Gasteiger partial charge in [-0.3, -0.25) is 4.99 Å². The second-order valence-corrected chi connectivity index (χ2v) is 5.24. The van der Waals surface area contributed by atoms with Crippen LogP contribution in [-0.4, -0.2) is 44.2 Å². The highest BCUT2D eigenvalue weighted by molar-refractivity contribution is 14.0. The number of halogens is 2. The van der Waals surface area contributed by atoms with E-state index in [1.54, 1.807) is 30.9 Å². The molecule has 0 amide bonds. The molecule has 21 heavy (non-hydrogen) atoms. The molecule has 1 rings (SSSR count). The molecule has 7 heteroatoms. The molecule has 1 unspecified atom stereocenters. The summed E-state index contributed by atoms with van der Waals surface area (Å²) in [5.74, 6) is 2.01. The number of benzene rings is 1. The van der Waals surface area contributed by atoms with E-state index in [2.05, 4.69) is 21.9 Å². The smallest absolute Gasteiger partial charge is 0.191 e. The molecule has 0 aromatic heterocycles. The number of hydrogen-bond donors (Lipinski definition) is 2. The number of hydrogen-bond acceptors (Lipinski definition) is 3. The number of nitrogens with one attached hydrogen (secondary N) is 2. The molecular formula is C14H23FIN3OS. The Labute approximate surface area is 147 Å². The summed E-state index contributed by atoms with van der Waals surface area (Å²) in [5.41, 5.74) is 0. The average molecular weight is 427 g/mol. The van der Waals surface area contributed by atoms with Crippen molar-refractivity contribution in [2.45, 2.75) is 13.0 Å². The molecule has 1 atom stereocenters. The van der Waals surface area contributed by atoms with Crippen molar-refractivity contribution in [1.29, 1.82) is 0 Å². The molecule has 0 spiro atoms. The van der Waals surface area contributed by atoms with Gasteiger partial charge in [-0.05, 0) is 25.3 Å². The average Bonchev–Trinajstić information content (AvgIpc) is 2.42. The maximum atomic E-state index is 13.0. The molecule has 0 saturated heterocycles. The highest BCUT2D eigenvalue weighted by Crippen LogP contribution is 2.13. The van der Waals surface area contributed by atoms with Crippen molar-refractivity contribution >= 4 is 41.7 Å². The van der Waals surface area contributed by atoms with Gasteiger partial charge in [0.15, 0.2) is 5.96 Å². The van der Waals surface area contributed by atoms with Crippen LogP contribution in [0.15, 0.2) is 29.3 Å². The third-order valence-corrected chi connectivity index (χ3v) is 3.12. The Morgan fingerprint density at radius 1 is 1.43 bits per heavy atom. The van der Waals surface area contributed by atoms with Crippen molar-refractivity contribution in [2.24, 2.45) is 4.99 Å². The summed E-state index contributed by atoms with van der Waals surface area (Å²) in [4.78, 5) is 4.12. The number of thioether (sulfide) groups is 1. The van der Waals surface area contributed by atoms with Crippen molar-refractivity contribution in [1.82, 2.24) is 10.6 Å². The molecule has 120 valence electrons. The Morgan fingerprint density at radius 3 is 2.81 bits per heavy atom. The maximum Gasteiger partial charge on any atom is 0.191 e. The lowest BCUT2D eigenvalue weighted by atomic mass is 10.3. The first-order valence-corrected chi connectivity index (χ1v) is 7.90. The fraction of sp³-hybridized carbons (Fsp3) is 0.500. The third kappa shape index (κ3) is 9.02. The second kappa shape index (κ2) is 11.9. The number of nitrogens with zero attached hydrogens (tertiary/aromatic N) is 1. The Hall–Kier alpha value is -0.700. The lowest BCUT2D eigenvalue weighted by molar-refractivity contribution is 0.223. The third-order valence-electron chi connectivity index (χ3n) is 2.51. The van der Waals surface area contributed by atoms with Crippen LogP contribution in [0.3, 0.4) is 0 Å². The van der Waals surface area contributed by atoms with Crippen molar-refractivity contribution < 1.29 is 9.13 Å². The van der Waals surface area contributed by atoms with Gasteiger partial charge < -0.3 is 15.4 Å². The molecule has 0 aliphatic heterocycles. The standard InChI is InChI=1S/C14H22FN3OS.HI/c1-11(19-13-6-4-5-12(15)9-13)10-18-14(16-2)17-7-8-20-3;/h4-6,9,11H,7-8,10H2,1-3H3,(H2,16,17,18);1H. The Bertz CT molecular complexity index is 434. The largest absolute Gasteiger partial charge is 0.489 e. The highest BCUT2D eigenvalue weighted by atomic mass is 127. The van der Waals surface area contributed by atoms with Crippen molar-refractivity contribution in [3.05, 3.63) is 30.1 Å². The molecule has 0 saturated carbocycles. The van der Waals surface area contributed by atoms with Gasteiger partial charge >= 0.3 is 0 Å². The van der Waals surface area contributed by atoms with Gasteiger partial charge in [-0.1, -0.05) is 6.07 Å². The van der Waals surface area contributed by atoms with Crippen LogP contribution >= 0.6 is 35.7 Å². The monoisotopic (exact) mass is 427 g/mol. The summed E-state index contributed by atoms with van der Waals surface area (Å²) in [5, 5.41) is 6.38. The van der Waals surface area contributed by atoms with E-state index < -0.39 is 0 Å². The number of rotatable bonds is 7. The van der Waals surface area contributed by atoms with Crippen molar-refractivity contribution in [3.8, 4) is 5.75 Å². The number of aliphatic imine (C=N–C) groups is 1. The lowest BCUT2D eigenvalue weighted by Gasteiger charge is -2.17. The molecule has 0 aliphatic rings.